The van der Waals surface area contributed by atoms with Gasteiger partial charge in [0.25, 0.3) is 0 Å². The third-order valence-electron chi connectivity index (χ3n) is 1.46. The molecule has 0 saturated heterocycles. The average molecular weight is 259 g/mol. The number of benzene rings is 1. The first-order chi connectivity index (χ1) is 6.00. The Balaban J connectivity index is 3.56. The van der Waals surface area contributed by atoms with Crippen LogP contribution in [0.4, 0.5) is 17.6 Å². The van der Waals surface area contributed by atoms with E-state index in [1.807, 2.05) is 0 Å². The Morgan fingerprint density at radius 2 is 1.31 bits per heavy atom. The molecule has 1 nitrogen and oxygen atoms in total. The first-order valence-electron chi connectivity index (χ1n) is 3.11. The molecular formula is C7H3BrF4O. The highest BCUT2D eigenvalue weighted by molar-refractivity contribution is 9.10. The molecule has 0 spiro atoms. The summed E-state index contributed by atoms with van der Waals surface area (Å²) in [5, 5.41) is 8.41. The third-order valence-corrected chi connectivity index (χ3v) is 2.16. The average Bonchev–Trinajstić information content (AvgIpc) is 2.13. The summed E-state index contributed by atoms with van der Waals surface area (Å²) >= 11 is 2.33. The Morgan fingerprint density at radius 3 is 1.62 bits per heavy atom. The summed E-state index contributed by atoms with van der Waals surface area (Å²) in [5.74, 6) is -6.28. The van der Waals surface area contributed by atoms with Crippen molar-refractivity contribution in [1.29, 1.82) is 0 Å². The topological polar surface area (TPSA) is 20.2 Å². The molecule has 13 heavy (non-hydrogen) atoms. The summed E-state index contributed by atoms with van der Waals surface area (Å²) in [4.78, 5) is 0. The van der Waals surface area contributed by atoms with Crippen LogP contribution < -0.4 is 0 Å². The fourth-order valence-corrected chi connectivity index (χ4v) is 1.14. The molecule has 0 aromatic heterocycles. The predicted octanol–water partition coefficient (Wildman–Crippen LogP) is 2.50. The van der Waals surface area contributed by atoms with E-state index in [0.717, 1.165) is 0 Å². The molecule has 6 heteroatoms. The summed E-state index contributed by atoms with van der Waals surface area (Å²) in [7, 11) is 0. The normalized spacial score (nSPS) is 10.6. The van der Waals surface area contributed by atoms with Crippen LogP contribution in [0.15, 0.2) is 4.47 Å². The molecule has 0 amide bonds. The molecular weight excluding hydrogens is 256 g/mol. The van der Waals surface area contributed by atoms with E-state index in [-0.39, 0.29) is 0 Å². The van der Waals surface area contributed by atoms with Gasteiger partial charge in [0, 0.05) is 0 Å². The van der Waals surface area contributed by atoms with E-state index in [9.17, 15) is 17.6 Å². The van der Waals surface area contributed by atoms with Gasteiger partial charge in [-0.05, 0) is 15.9 Å². The van der Waals surface area contributed by atoms with Crippen molar-refractivity contribution in [3.8, 4) is 0 Å². The number of halogens is 5. The molecule has 0 bridgehead atoms. The molecule has 0 aliphatic carbocycles. The molecule has 0 unspecified atom stereocenters. The Labute approximate surface area is 79.1 Å². The van der Waals surface area contributed by atoms with Gasteiger partial charge in [0.15, 0.2) is 23.3 Å². The zero-order valence-corrected chi connectivity index (χ0v) is 7.63. The van der Waals surface area contributed by atoms with Crippen molar-refractivity contribution in [2.24, 2.45) is 0 Å². The van der Waals surface area contributed by atoms with E-state index >= 15 is 0 Å². The largest absolute Gasteiger partial charge is 0.391 e. The molecule has 0 atom stereocenters. The van der Waals surface area contributed by atoms with E-state index in [0.29, 0.717) is 0 Å². The van der Waals surface area contributed by atoms with Crippen LogP contribution >= 0.6 is 15.9 Å². The zero-order valence-electron chi connectivity index (χ0n) is 6.04. The first kappa shape index (κ1) is 10.5. The molecule has 0 aliphatic rings. The van der Waals surface area contributed by atoms with Crippen LogP contribution in [0.5, 0.6) is 0 Å². The Morgan fingerprint density at radius 1 is 0.923 bits per heavy atom. The quantitative estimate of drug-likeness (QED) is 0.466. The van der Waals surface area contributed by atoms with Gasteiger partial charge in [-0.25, -0.2) is 17.6 Å². The molecule has 0 fully saturated rings. The molecule has 0 aliphatic heterocycles. The van der Waals surface area contributed by atoms with Gasteiger partial charge in [0.05, 0.1) is 16.6 Å². The molecule has 1 aromatic carbocycles. The molecule has 72 valence electrons. The Bertz CT molecular complexity index is 324. The van der Waals surface area contributed by atoms with Gasteiger partial charge in [-0.3, -0.25) is 0 Å². The smallest absolute Gasteiger partial charge is 0.176 e. The maximum atomic E-state index is 12.7. The van der Waals surface area contributed by atoms with Crippen molar-refractivity contribution >= 4 is 15.9 Å². The second-order valence-corrected chi connectivity index (χ2v) is 3.00. The van der Waals surface area contributed by atoms with Crippen LogP contribution in [-0.4, -0.2) is 5.11 Å². The minimum Gasteiger partial charge on any atom is -0.391 e. The predicted molar refractivity (Wildman–Crippen MR) is 39.9 cm³/mol. The lowest BCUT2D eigenvalue weighted by atomic mass is 10.2. The summed E-state index contributed by atoms with van der Waals surface area (Å²) < 4.78 is 49.9. The summed E-state index contributed by atoms with van der Waals surface area (Å²) in [5.41, 5.74) is -1.02. The van der Waals surface area contributed by atoms with Gasteiger partial charge in [-0.15, -0.1) is 0 Å². The highest BCUT2D eigenvalue weighted by Crippen LogP contribution is 2.27. The van der Waals surface area contributed by atoms with E-state index in [1.165, 1.54) is 0 Å². The van der Waals surface area contributed by atoms with Crippen LogP contribution in [0.25, 0.3) is 0 Å². The van der Waals surface area contributed by atoms with Gasteiger partial charge < -0.3 is 5.11 Å². The van der Waals surface area contributed by atoms with Crippen molar-refractivity contribution in [1.82, 2.24) is 0 Å². The highest BCUT2D eigenvalue weighted by atomic mass is 79.9. The Hall–Kier alpha value is -0.620. The molecule has 0 heterocycles. The van der Waals surface area contributed by atoms with Crippen LogP contribution in [0, 0.1) is 23.3 Å². The molecule has 1 rings (SSSR count). The van der Waals surface area contributed by atoms with Gasteiger partial charge >= 0.3 is 0 Å². The minimum atomic E-state index is -1.59. The highest BCUT2D eigenvalue weighted by Gasteiger charge is 2.22. The van der Waals surface area contributed by atoms with Crippen LogP contribution in [-0.2, 0) is 6.61 Å². The van der Waals surface area contributed by atoms with Gasteiger partial charge in [-0.2, -0.15) is 0 Å². The van der Waals surface area contributed by atoms with E-state index < -0.39 is 39.9 Å². The standard InChI is InChI=1S/C7H3BrF4O/c8-3-6(11)4(9)2(1-13)5(10)7(3)12/h13H,1H2. The fourth-order valence-electron chi connectivity index (χ4n) is 0.789. The summed E-state index contributed by atoms with van der Waals surface area (Å²) in [6.45, 7) is -1.10. The van der Waals surface area contributed by atoms with E-state index in [4.69, 9.17) is 5.11 Å². The number of aliphatic hydroxyl groups is 1. The maximum Gasteiger partial charge on any atom is 0.176 e. The number of aliphatic hydroxyl groups excluding tert-OH is 1. The lowest BCUT2D eigenvalue weighted by Crippen LogP contribution is -2.04. The van der Waals surface area contributed by atoms with Crippen molar-refractivity contribution in [2.75, 3.05) is 0 Å². The number of hydrogen-bond acceptors (Lipinski definition) is 1. The van der Waals surface area contributed by atoms with E-state index in [1.54, 1.807) is 0 Å². The second kappa shape index (κ2) is 3.63. The molecule has 1 aromatic rings. The summed E-state index contributed by atoms with van der Waals surface area (Å²) in [6, 6.07) is 0. The molecule has 1 N–H and O–H groups in total. The SMILES string of the molecule is OCc1c(F)c(F)c(Br)c(F)c1F. The van der Waals surface area contributed by atoms with Crippen LogP contribution in [0.1, 0.15) is 5.56 Å². The van der Waals surface area contributed by atoms with Crippen molar-refractivity contribution in [3.05, 3.63) is 33.3 Å². The zero-order chi connectivity index (χ0) is 10.2. The summed E-state index contributed by atoms with van der Waals surface area (Å²) in [6.07, 6.45) is 0. The minimum absolute atomic E-state index is 0.917. The van der Waals surface area contributed by atoms with Crippen LogP contribution in [0.2, 0.25) is 0 Å². The van der Waals surface area contributed by atoms with Gasteiger partial charge in [-0.1, -0.05) is 0 Å². The van der Waals surface area contributed by atoms with Crippen molar-refractivity contribution < 1.29 is 22.7 Å². The number of hydrogen-bond donors (Lipinski definition) is 1. The Kier molecular flexibility index (Phi) is 2.92. The first-order valence-corrected chi connectivity index (χ1v) is 3.91. The van der Waals surface area contributed by atoms with Gasteiger partial charge in [0.2, 0.25) is 0 Å². The maximum absolute atomic E-state index is 12.7. The van der Waals surface area contributed by atoms with Crippen molar-refractivity contribution in [3.63, 3.8) is 0 Å². The van der Waals surface area contributed by atoms with E-state index in [2.05, 4.69) is 15.9 Å². The van der Waals surface area contributed by atoms with Crippen molar-refractivity contribution in [2.45, 2.75) is 6.61 Å². The second-order valence-electron chi connectivity index (χ2n) is 2.21. The lowest BCUT2D eigenvalue weighted by Gasteiger charge is -2.05. The molecule has 0 saturated carbocycles. The van der Waals surface area contributed by atoms with Gasteiger partial charge in [0.1, 0.15) is 0 Å². The third kappa shape index (κ3) is 1.55. The molecule has 0 radical (unpaired) electrons. The fraction of sp³-hybridized carbons (Fsp3) is 0.143. The lowest BCUT2D eigenvalue weighted by molar-refractivity contribution is 0.262. The number of rotatable bonds is 1. The monoisotopic (exact) mass is 258 g/mol. The van der Waals surface area contributed by atoms with Crippen LogP contribution in [0.3, 0.4) is 0 Å².